The third kappa shape index (κ3) is 4.81. The average Bonchev–Trinajstić information content (AvgIpc) is 2.35. The quantitative estimate of drug-likeness (QED) is 0.400. The van der Waals surface area contributed by atoms with Gasteiger partial charge in [-0.1, -0.05) is 19.8 Å². The van der Waals surface area contributed by atoms with Crippen molar-refractivity contribution in [1.29, 1.82) is 0 Å². The van der Waals surface area contributed by atoms with Gasteiger partial charge in [-0.25, -0.2) is 5.84 Å². The third-order valence-electron chi connectivity index (χ3n) is 1.98. The van der Waals surface area contributed by atoms with E-state index in [0.29, 0.717) is 13.2 Å². The number of nitrogens with two attached hydrogens (primary N) is 1. The largest absolute Gasteiger partial charge is 0.464 e. The topological polar surface area (TPSA) is 95.2 Å². The second kappa shape index (κ2) is 7.61. The smallest absolute Gasteiger partial charge is 0.324 e. The van der Waals surface area contributed by atoms with Gasteiger partial charge >= 0.3 is 12.0 Å². The summed E-state index contributed by atoms with van der Waals surface area (Å²) in [5.41, 5.74) is 2.35. The van der Waals surface area contributed by atoms with E-state index in [1.165, 1.54) is 0 Å². The lowest BCUT2D eigenvalue weighted by molar-refractivity contribution is 0.264. The molecule has 0 aliphatic rings. The molecule has 96 valence electrons. The van der Waals surface area contributed by atoms with Crippen LogP contribution in [0.2, 0.25) is 0 Å². The van der Waals surface area contributed by atoms with Gasteiger partial charge in [-0.3, -0.25) is 5.43 Å². The van der Waals surface area contributed by atoms with Crippen molar-refractivity contribution in [3.05, 3.63) is 0 Å². The first-order valence-corrected chi connectivity index (χ1v) is 5.78. The van der Waals surface area contributed by atoms with E-state index in [9.17, 15) is 0 Å². The van der Waals surface area contributed by atoms with Gasteiger partial charge in [0.2, 0.25) is 5.95 Å². The van der Waals surface area contributed by atoms with Gasteiger partial charge < -0.3 is 9.47 Å². The first-order chi connectivity index (χ1) is 8.30. The van der Waals surface area contributed by atoms with Crippen LogP contribution in [0.1, 0.15) is 33.1 Å². The van der Waals surface area contributed by atoms with Crippen molar-refractivity contribution in [1.82, 2.24) is 15.0 Å². The van der Waals surface area contributed by atoms with Gasteiger partial charge in [-0.15, -0.1) is 4.98 Å². The molecular formula is C10H19N5O2. The van der Waals surface area contributed by atoms with Gasteiger partial charge in [0.25, 0.3) is 0 Å². The number of nitrogen functional groups attached to an aromatic ring is 1. The second-order valence-electron chi connectivity index (χ2n) is 3.36. The molecule has 3 N–H and O–H groups in total. The Kier molecular flexibility index (Phi) is 6.02. The summed E-state index contributed by atoms with van der Waals surface area (Å²) in [6.45, 7) is 5.03. The first-order valence-electron chi connectivity index (χ1n) is 5.78. The Labute approximate surface area is 101 Å². The third-order valence-corrected chi connectivity index (χ3v) is 1.98. The number of ether oxygens (including phenoxy) is 2. The Bertz CT molecular complexity index is 334. The number of hydrogen-bond acceptors (Lipinski definition) is 7. The summed E-state index contributed by atoms with van der Waals surface area (Å²) in [5, 5.41) is 0. The van der Waals surface area contributed by atoms with Gasteiger partial charge in [-0.2, -0.15) is 9.97 Å². The summed E-state index contributed by atoms with van der Waals surface area (Å²) in [4.78, 5) is 11.9. The molecule has 0 saturated carbocycles. The molecule has 0 radical (unpaired) electrons. The van der Waals surface area contributed by atoms with Crippen LogP contribution in [0.25, 0.3) is 0 Å². The van der Waals surface area contributed by atoms with Crippen LogP contribution in [0, 0.1) is 0 Å². The fourth-order valence-corrected chi connectivity index (χ4v) is 1.18. The van der Waals surface area contributed by atoms with Crippen LogP contribution < -0.4 is 20.7 Å². The minimum atomic E-state index is 0.209. The van der Waals surface area contributed by atoms with Gasteiger partial charge in [0, 0.05) is 0 Å². The minimum absolute atomic E-state index is 0.209. The van der Waals surface area contributed by atoms with Crippen LogP contribution in [0.15, 0.2) is 0 Å². The first kappa shape index (κ1) is 13.4. The predicted molar refractivity (Wildman–Crippen MR) is 63.8 cm³/mol. The fraction of sp³-hybridized carbons (Fsp3) is 0.700. The highest BCUT2D eigenvalue weighted by Gasteiger charge is 2.07. The van der Waals surface area contributed by atoms with Gasteiger partial charge in [0.15, 0.2) is 0 Å². The zero-order chi connectivity index (χ0) is 12.5. The lowest BCUT2D eigenvalue weighted by Crippen LogP contribution is -2.13. The van der Waals surface area contributed by atoms with Crippen LogP contribution in [0.5, 0.6) is 12.0 Å². The Hall–Kier alpha value is -1.63. The maximum Gasteiger partial charge on any atom is 0.324 e. The van der Waals surface area contributed by atoms with Crippen molar-refractivity contribution >= 4 is 5.95 Å². The highest BCUT2D eigenvalue weighted by Crippen LogP contribution is 2.12. The number of aromatic nitrogens is 3. The van der Waals surface area contributed by atoms with Crippen LogP contribution in [-0.4, -0.2) is 28.2 Å². The molecule has 0 bridgehead atoms. The van der Waals surface area contributed by atoms with E-state index in [2.05, 4.69) is 27.3 Å². The normalized spacial score (nSPS) is 10.1. The van der Waals surface area contributed by atoms with Gasteiger partial charge in [-0.05, 0) is 13.3 Å². The van der Waals surface area contributed by atoms with E-state index >= 15 is 0 Å². The maximum atomic E-state index is 5.40. The zero-order valence-corrected chi connectivity index (χ0v) is 10.3. The lowest BCUT2D eigenvalue weighted by atomic mass is 10.3. The van der Waals surface area contributed by atoms with Crippen LogP contribution >= 0.6 is 0 Å². The Balaban J connectivity index is 2.59. The van der Waals surface area contributed by atoms with Crippen LogP contribution in [0.3, 0.4) is 0 Å². The molecule has 0 atom stereocenters. The second-order valence-corrected chi connectivity index (χ2v) is 3.36. The van der Waals surface area contributed by atoms with E-state index < -0.39 is 0 Å². The molecular weight excluding hydrogens is 222 g/mol. The number of hydrogen-bond donors (Lipinski definition) is 2. The summed E-state index contributed by atoms with van der Waals surface area (Å²) < 4.78 is 10.6. The number of nitrogens with one attached hydrogen (secondary N) is 1. The zero-order valence-electron chi connectivity index (χ0n) is 10.3. The molecule has 0 saturated heterocycles. The Morgan fingerprint density at radius 1 is 1.06 bits per heavy atom. The van der Waals surface area contributed by atoms with Crippen molar-refractivity contribution < 1.29 is 9.47 Å². The van der Waals surface area contributed by atoms with Crippen molar-refractivity contribution in [2.24, 2.45) is 5.84 Å². The molecule has 0 aliphatic carbocycles. The van der Waals surface area contributed by atoms with Gasteiger partial charge in [0.1, 0.15) is 0 Å². The molecule has 0 aliphatic heterocycles. The average molecular weight is 241 g/mol. The van der Waals surface area contributed by atoms with Crippen molar-refractivity contribution in [3.8, 4) is 12.0 Å². The molecule has 0 unspecified atom stereocenters. The standard InChI is InChI=1S/C10H19N5O2/c1-3-5-6-7-17-10-13-8(15-11)12-9(14-10)16-4-2/h3-7,11H2,1-2H3,(H,12,13,14,15). The summed E-state index contributed by atoms with van der Waals surface area (Å²) in [5.74, 6) is 5.48. The minimum Gasteiger partial charge on any atom is -0.464 e. The molecule has 0 spiro atoms. The molecule has 1 aromatic heterocycles. The Morgan fingerprint density at radius 3 is 2.35 bits per heavy atom. The number of hydrazine groups is 1. The number of nitrogens with zero attached hydrogens (tertiary/aromatic N) is 3. The van der Waals surface area contributed by atoms with Crippen LogP contribution in [-0.2, 0) is 0 Å². The lowest BCUT2D eigenvalue weighted by Gasteiger charge is -2.07. The van der Waals surface area contributed by atoms with Crippen LogP contribution in [0.4, 0.5) is 5.95 Å². The monoisotopic (exact) mass is 241 g/mol. The van der Waals surface area contributed by atoms with E-state index in [1.807, 2.05) is 6.92 Å². The highest BCUT2D eigenvalue weighted by molar-refractivity contribution is 5.25. The molecule has 1 aromatic rings. The van der Waals surface area contributed by atoms with Gasteiger partial charge in [0.05, 0.1) is 13.2 Å². The molecule has 1 rings (SSSR count). The number of unbranched alkanes of at least 4 members (excludes halogenated alkanes) is 2. The number of rotatable bonds is 8. The predicted octanol–water partition coefficient (Wildman–Crippen LogP) is 1.12. The highest BCUT2D eigenvalue weighted by atomic mass is 16.5. The molecule has 0 aromatic carbocycles. The number of anilines is 1. The summed E-state index contributed by atoms with van der Waals surface area (Å²) in [6, 6.07) is 0.438. The van der Waals surface area contributed by atoms with Crippen molar-refractivity contribution in [2.45, 2.75) is 33.1 Å². The molecule has 0 fully saturated rings. The summed E-state index contributed by atoms with van der Waals surface area (Å²) >= 11 is 0. The fourth-order valence-electron chi connectivity index (χ4n) is 1.18. The maximum absolute atomic E-state index is 5.40. The van der Waals surface area contributed by atoms with Crippen molar-refractivity contribution in [3.63, 3.8) is 0 Å². The molecule has 1 heterocycles. The summed E-state index contributed by atoms with van der Waals surface area (Å²) in [6.07, 6.45) is 3.23. The van der Waals surface area contributed by atoms with Crippen molar-refractivity contribution in [2.75, 3.05) is 18.6 Å². The van der Waals surface area contributed by atoms with E-state index in [-0.39, 0.29) is 18.0 Å². The Morgan fingerprint density at radius 2 is 1.76 bits per heavy atom. The molecule has 7 nitrogen and oxygen atoms in total. The SMILES string of the molecule is CCCCCOc1nc(NN)nc(OCC)n1. The van der Waals surface area contributed by atoms with E-state index in [0.717, 1.165) is 19.3 Å². The molecule has 17 heavy (non-hydrogen) atoms. The van der Waals surface area contributed by atoms with E-state index in [4.69, 9.17) is 15.3 Å². The summed E-state index contributed by atoms with van der Waals surface area (Å²) in [7, 11) is 0. The molecule has 0 amide bonds. The molecule has 7 heteroatoms. The van der Waals surface area contributed by atoms with E-state index in [1.54, 1.807) is 0 Å².